The van der Waals surface area contributed by atoms with Gasteiger partial charge in [-0.3, -0.25) is 9.59 Å². The molecule has 2 aromatic carbocycles. The quantitative estimate of drug-likeness (QED) is 0.667. The zero-order valence-corrected chi connectivity index (χ0v) is 15.6. The van der Waals surface area contributed by atoms with Crippen LogP contribution >= 0.6 is 0 Å². The molecular weight excluding hydrogens is 344 g/mol. The first kappa shape index (κ1) is 20.0. The molecule has 6 heteroatoms. The predicted molar refractivity (Wildman–Crippen MR) is 105 cm³/mol. The third-order valence-corrected chi connectivity index (χ3v) is 3.85. The van der Waals surface area contributed by atoms with Crippen LogP contribution in [0.4, 0.5) is 5.69 Å². The first-order valence-electron chi connectivity index (χ1n) is 8.55. The highest BCUT2D eigenvalue weighted by Crippen LogP contribution is 2.28. The van der Waals surface area contributed by atoms with Crippen LogP contribution in [-0.4, -0.2) is 32.6 Å². The molecule has 0 unspecified atom stereocenters. The summed E-state index contributed by atoms with van der Waals surface area (Å²) in [5.41, 5.74) is 2.56. The van der Waals surface area contributed by atoms with Crippen molar-refractivity contribution in [3.8, 4) is 11.5 Å². The number of hydrogen-bond donors (Lipinski definition) is 2. The summed E-state index contributed by atoms with van der Waals surface area (Å²) >= 11 is 0. The van der Waals surface area contributed by atoms with Crippen LogP contribution in [0.25, 0.3) is 0 Å². The van der Waals surface area contributed by atoms with E-state index in [9.17, 15) is 9.59 Å². The second-order valence-electron chi connectivity index (χ2n) is 5.86. The number of anilines is 1. The van der Waals surface area contributed by atoms with Gasteiger partial charge in [0.1, 0.15) is 0 Å². The van der Waals surface area contributed by atoms with Crippen molar-refractivity contribution in [2.24, 2.45) is 0 Å². The minimum Gasteiger partial charge on any atom is -0.493 e. The number of amides is 2. The first-order valence-corrected chi connectivity index (χ1v) is 8.55. The Balaban J connectivity index is 1.90. The van der Waals surface area contributed by atoms with Crippen LogP contribution in [0.1, 0.15) is 11.1 Å². The van der Waals surface area contributed by atoms with Crippen LogP contribution in [0, 0.1) is 0 Å². The van der Waals surface area contributed by atoms with Crippen LogP contribution in [0.3, 0.4) is 0 Å². The fourth-order valence-corrected chi connectivity index (χ4v) is 2.44. The molecule has 2 rings (SSSR count). The standard InChI is InChI=1S/C21H24N2O4/c1-4-5-15-8-11-18(19(12-15)26-3)27-14-21(25)23-17-9-6-16(7-10-17)13-20(24)22-2/h4,6-12H,1,5,13-14H2,2-3H3,(H,22,24)(H,23,25). The van der Waals surface area contributed by atoms with Crippen molar-refractivity contribution in [3.63, 3.8) is 0 Å². The fourth-order valence-electron chi connectivity index (χ4n) is 2.44. The van der Waals surface area contributed by atoms with E-state index in [4.69, 9.17) is 9.47 Å². The minimum atomic E-state index is -0.286. The van der Waals surface area contributed by atoms with Crippen LogP contribution in [-0.2, 0) is 22.4 Å². The Morgan fingerprint density at radius 1 is 1.04 bits per heavy atom. The Kier molecular flexibility index (Phi) is 7.43. The van der Waals surface area contributed by atoms with Crippen molar-refractivity contribution in [1.82, 2.24) is 5.32 Å². The largest absolute Gasteiger partial charge is 0.493 e. The molecule has 0 aliphatic heterocycles. The van der Waals surface area contributed by atoms with E-state index in [1.165, 1.54) is 0 Å². The molecule has 0 aliphatic rings. The summed E-state index contributed by atoms with van der Waals surface area (Å²) in [6, 6.07) is 12.6. The number of carbonyl (C=O) groups excluding carboxylic acids is 2. The fraction of sp³-hybridized carbons (Fsp3) is 0.238. The molecule has 0 aromatic heterocycles. The van der Waals surface area contributed by atoms with E-state index in [1.807, 2.05) is 18.2 Å². The second kappa shape index (κ2) is 10.0. The van der Waals surface area contributed by atoms with Gasteiger partial charge in [-0.05, 0) is 41.8 Å². The van der Waals surface area contributed by atoms with E-state index in [1.54, 1.807) is 44.5 Å². The summed E-state index contributed by atoms with van der Waals surface area (Å²) < 4.78 is 10.9. The van der Waals surface area contributed by atoms with Crippen molar-refractivity contribution >= 4 is 17.5 Å². The molecule has 2 aromatic rings. The monoisotopic (exact) mass is 368 g/mol. The lowest BCUT2D eigenvalue weighted by atomic mass is 10.1. The summed E-state index contributed by atoms with van der Waals surface area (Å²) in [7, 11) is 3.15. The molecule has 142 valence electrons. The molecule has 0 atom stereocenters. The Morgan fingerprint density at radius 3 is 2.37 bits per heavy atom. The lowest BCUT2D eigenvalue weighted by Gasteiger charge is -2.12. The summed E-state index contributed by atoms with van der Waals surface area (Å²) in [4.78, 5) is 23.5. The number of ether oxygens (including phenoxy) is 2. The average molecular weight is 368 g/mol. The average Bonchev–Trinajstić information content (AvgIpc) is 2.68. The highest BCUT2D eigenvalue weighted by molar-refractivity contribution is 5.92. The summed E-state index contributed by atoms with van der Waals surface area (Å²) in [5, 5.41) is 5.33. The van der Waals surface area contributed by atoms with Gasteiger partial charge in [0.15, 0.2) is 18.1 Å². The molecular formula is C21H24N2O4. The number of hydrogen-bond acceptors (Lipinski definition) is 4. The van der Waals surface area contributed by atoms with E-state index in [0.717, 1.165) is 17.5 Å². The van der Waals surface area contributed by atoms with Gasteiger partial charge in [-0.15, -0.1) is 6.58 Å². The molecule has 0 bridgehead atoms. The third-order valence-electron chi connectivity index (χ3n) is 3.85. The number of rotatable bonds is 9. The zero-order valence-electron chi connectivity index (χ0n) is 15.6. The molecule has 27 heavy (non-hydrogen) atoms. The van der Waals surface area contributed by atoms with Crippen molar-refractivity contribution < 1.29 is 19.1 Å². The van der Waals surface area contributed by atoms with Crippen molar-refractivity contribution in [1.29, 1.82) is 0 Å². The molecule has 2 amide bonds. The summed E-state index contributed by atoms with van der Waals surface area (Å²) in [6.45, 7) is 3.57. The Labute approximate surface area is 159 Å². The molecule has 0 fully saturated rings. The SMILES string of the molecule is C=CCc1ccc(OCC(=O)Nc2ccc(CC(=O)NC)cc2)c(OC)c1. The number of benzene rings is 2. The van der Waals surface area contributed by atoms with Gasteiger partial charge >= 0.3 is 0 Å². The van der Waals surface area contributed by atoms with E-state index < -0.39 is 0 Å². The molecule has 0 saturated carbocycles. The normalized spacial score (nSPS) is 10.0. The number of methoxy groups -OCH3 is 1. The highest BCUT2D eigenvalue weighted by atomic mass is 16.5. The van der Waals surface area contributed by atoms with E-state index in [-0.39, 0.29) is 18.4 Å². The smallest absolute Gasteiger partial charge is 0.262 e. The minimum absolute atomic E-state index is 0.0618. The highest BCUT2D eigenvalue weighted by Gasteiger charge is 2.09. The Hall–Kier alpha value is -3.28. The number of allylic oxidation sites excluding steroid dienone is 1. The van der Waals surface area contributed by atoms with Gasteiger partial charge in [0.25, 0.3) is 5.91 Å². The molecule has 0 radical (unpaired) electrons. The Morgan fingerprint density at radius 2 is 1.74 bits per heavy atom. The van der Waals surface area contributed by atoms with Gasteiger partial charge in [0.2, 0.25) is 5.91 Å². The molecule has 0 saturated heterocycles. The number of carbonyl (C=O) groups is 2. The van der Waals surface area contributed by atoms with Gasteiger partial charge < -0.3 is 20.1 Å². The topological polar surface area (TPSA) is 76.7 Å². The zero-order chi connectivity index (χ0) is 19.6. The van der Waals surface area contributed by atoms with Crippen LogP contribution in [0.2, 0.25) is 0 Å². The maximum Gasteiger partial charge on any atom is 0.262 e. The predicted octanol–water partition coefficient (Wildman–Crippen LogP) is 2.73. The third kappa shape index (κ3) is 6.18. The van der Waals surface area contributed by atoms with Gasteiger partial charge in [-0.1, -0.05) is 24.3 Å². The van der Waals surface area contributed by atoms with E-state index in [0.29, 0.717) is 23.6 Å². The van der Waals surface area contributed by atoms with Gasteiger partial charge in [0.05, 0.1) is 13.5 Å². The molecule has 0 aliphatic carbocycles. The summed E-state index contributed by atoms with van der Waals surface area (Å²) in [6.07, 6.45) is 2.84. The second-order valence-corrected chi connectivity index (χ2v) is 5.86. The van der Waals surface area contributed by atoms with Crippen LogP contribution in [0.5, 0.6) is 11.5 Å². The van der Waals surface area contributed by atoms with Crippen LogP contribution in [0.15, 0.2) is 55.1 Å². The lowest BCUT2D eigenvalue weighted by Crippen LogP contribution is -2.21. The van der Waals surface area contributed by atoms with Crippen molar-refractivity contribution in [2.45, 2.75) is 12.8 Å². The van der Waals surface area contributed by atoms with Gasteiger partial charge in [-0.25, -0.2) is 0 Å². The van der Waals surface area contributed by atoms with Gasteiger partial charge in [0, 0.05) is 12.7 Å². The van der Waals surface area contributed by atoms with Gasteiger partial charge in [-0.2, -0.15) is 0 Å². The van der Waals surface area contributed by atoms with E-state index >= 15 is 0 Å². The van der Waals surface area contributed by atoms with Crippen molar-refractivity contribution in [3.05, 3.63) is 66.2 Å². The lowest BCUT2D eigenvalue weighted by molar-refractivity contribution is -0.120. The number of nitrogens with one attached hydrogen (secondary N) is 2. The maximum absolute atomic E-state index is 12.1. The maximum atomic E-state index is 12.1. The van der Waals surface area contributed by atoms with Crippen LogP contribution < -0.4 is 20.1 Å². The molecule has 6 nitrogen and oxygen atoms in total. The summed E-state index contributed by atoms with van der Waals surface area (Å²) in [5.74, 6) is 0.724. The molecule has 0 spiro atoms. The van der Waals surface area contributed by atoms with Crippen molar-refractivity contribution in [2.75, 3.05) is 26.1 Å². The molecule has 2 N–H and O–H groups in total. The first-order chi connectivity index (χ1) is 13.0. The number of likely N-dealkylation sites (N-methyl/N-ethyl adjacent to an activating group) is 1. The molecule has 0 heterocycles. The Bertz CT molecular complexity index is 800. The van der Waals surface area contributed by atoms with E-state index in [2.05, 4.69) is 17.2 Å².